The summed E-state index contributed by atoms with van der Waals surface area (Å²) in [7, 11) is 0. The van der Waals surface area contributed by atoms with Crippen molar-refractivity contribution in [3.05, 3.63) is 42.2 Å². The summed E-state index contributed by atoms with van der Waals surface area (Å²) in [6, 6.07) is 3.32. The van der Waals surface area contributed by atoms with Gasteiger partial charge in [-0.2, -0.15) is 0 Å². The van der Waals surface area contributed by atoms with E-state index in [0.29, 0.717) is 11.4 Å². The molecule has 0 fully saturated rings. The standard InChI is InChI=1S/C13H16N4O/c1-2-6-17-7-5-15-13(17)8-12(18)11-4-3-10(14)9-16-11/h3-5,7,9H,2,6,8,14H2,1H3. The van der Waals surface area contributed by atoms with Gasteiger partial charge in [-0.15, -0.1) is 0 Å². The Kier molecular flexibility index (Phi) is 3.72. The number of carbonyl (C=O) groups is 1. The molecule has 0 radical (unpaired) electrons. The first-order chi connectivity index (χ1) is 8.70. The van der Waals surface area contributed by atoms with Crippen molar-refractivity contribution in [3.63, 3.8) is 0 Å². The lowest BCUT2D eigenvalue weighted by molar-refractivity contribution is 0.0985. The molecule has 94 valence electrons. The van der Waals surface area contributed by atoms with Gasteiger partial charge < -0.3 is 10.3 Å². The molecular weight excluding hydrogens is 228 g/mol. The van der Waals surface area contributed by atoms with E-state index in [1.165, 1.54) is 6.20 Å². The second kappa shape index (κ2) is 5.44. The minimum absolute atomic E-state index is 0.0430. The molecule has 0 aliphatic rings. The number of hydrogen-bond donors (Lipinski definition) is 1. The number of ketones is 1. The second-order valence-electron chi connectivity index (χ2n) is 4.11. The van der Waals surface area contributed by atoms with Crippen molar-refractivity contribution in [1.29, 1.82) is 0 Å². The summed E-state index contributed by atoms with van der Waals surface area (Å²) in [4.78, 5) is 20.3. The average Bonchev–Trinajstić information content (AvgIpc) is 2.78. The van der Waals surface area contributed by atoms with E-state index < -0.39 is 0 Å². The first-order valence-corrected chi connectivity index (χ1v) is 5.95. The quantitative estimate of drug-likeness (QED) is 0.812. The molecule has 0 amide bonds. The second-order valence-corrected chi connectivity index (χ2v) is 4.11. The van der Waals surface area contributed by atoms with Crippen molar-refractivity contribution in [1.82, 2.24) is 14.5 Å². The van der Waals surface area contributed by atoms with Gasteiger partial charge in [0.15, 0.2) is 5.78 Å². The zero-order valence-electron chi connectivity index (χ0n) is 10.3. The molecule has 0 spiro atoms. The lowest BCUT2D eigenvalue weighted by Gasteiger charge is -2.05. The Morgan fingerprint density at radius 1 is 1.39 bits per heavy atom. The van der Waals surface area contributed by atoms with E-state index in [1.54, 1.807) is 18.3 Å². The molecule has 0 aromatic carbocycles. The molecule has 0 saturated carbocycles. The Hall–Kier alpha value is -2.17. The summed E-state index contributed by atoms with van der Waals surface area (Å²) in [5, 5.41) is 0. The number of anilines is 1. The summed E-state index contributed by atoms with van der Waals surface area (Å²) in [6.07, 6.45) is 6.38. The molecule has 2 heterocycles. The maximum Gasteiger partial charge on any atom is 0.188 e. The third kappa shape index (κ3) is 2.74. The molecule has 2 aromatic heterocycles. The summed E-state index contributed by atoms with van der Waals surface area (Å²) >= 11 is 0. The van der Waals surface area contributed by atoms with Gasteiger partial charge in [-0.3, -0.25) is 9.78 Å². The maximum absolute atomic E-state index is 12.0. The lowest BCUT2D eigenvalue weighted by Crippen LogP contribution is -2.11. The van der Waals surface area contributed by atoms with E-state index in [2.05, 4.69) is 16.9 Å². The van der Waals surface area contributed by atoms with Gasteiger partial charge in [0, 0.05) is 18.9 Å². The van der Waals surface area contributed by atoms with Crippen LogP contribution < -0.4 is 5.73 Å². The smallest absolute Gasteiger partial charge is 0.188 e. The fourth-order valence-corrected chi connectivity index (χ4v) is 1.76. The number of nitrogens with two attached hydrogens (primary N) is 1. The largest absolute Gasteiger partial charge is 0.397 e. The summed E-state index contributed by atoms with van der Waals surface area (Å²) < 4.78 is 2.00. The first-order valence-electron chi connectivity index (χ1n) is 5.95. The fourth-order valence-electron chi connectivity index (χ4n) is 1.76. The van der Waals surface area contributed by atoms with Crippen molar-refractivity contribution < 1.29 is 4.79 Å². The van der Waals surface area contributed by atoms with E-state index in [-0.39, 0.29) is 12.2 Å². The van der Waals surface area contributed by atoms with Gasteiger partial charge in [-0.1, -0.05) is 6.92 Å². The van der Waals surface area contributed by atoms with Crippen LogP contribution in [0.25, 0.3) is 0 Å². The van der Waals surface area contributed by atoms with Crippen LogP contribution in [-0.2, 0) is 13.0 Å². The van der Waals surface area contributed by atoms with Gasteiger partial charge in [0.05, 0.1) is 18.3 Å². The molecule has 0 bridgehead atoms. The minimum atomic E-state index is -0.0430. The Balaban J connectivity index is 2.11. The normalized spacial score (nSPS) is 10.5. The van der Waals surface area contributed by atoms with Gasteiger partial charge in [-0.05, 0) is 18.6 Å². The number of carbonyl (C=O) groups excluding carboxylic acids is 1. The zero-order valence-corrected chi connectivity index (χ0v) is 10.3. The van der Waals surface area contributed by atoms with E-state index in [4.69, 9.17) is 5.73 Å². The third-order valence-corrected chi connectivity index (χ3v) is 2.66. The van der Waals surface area contributed by atoms with Crippen LogP contribution in [0.1, 0.15) is 29.7 Å². The van der Waals surface area contributed by atoms with Crippen molar-refractivity contribution >= 4 is 11.5 Å². The maximum atomic E-state index is 12.0. The van der Waals surface area contributed by atoms with Gasteiger partial charge in [0.2, 0.25) is 0 Å². The Labute approximate surface area is 106 Å². The number of Topliss-reactive ketones (excluding diaryl/α,β-unsaturated/α-hetero) is 1. The Morgan fingerprint density at radius 2 is 2.22 bits per heavy atom. The summed E-state index contributed by atoms with van der Waals surface area (Å²) in [5.41, 5.74) is 6.52. The molecule has 0 atom stereocenters. The molecule has 2 rings (SSSR count). The monoisotopic (exact) mass is 244 g/mol. The first kappa shape index (κ1) is 12.3. The summed E-state index contributed by atoms with van der Waals surface area (Å²) in [5.74, 6) is 0.735. The molecule has 0 saturated heterocycles. The Bertz CT molecular complexity index is 530. The van der Waals surface area contributed by atoms with Crippen LogP contribution in [0.2, 0.25) is 0 Å². The third-order valence-electron chi connectivity index (χ3n) is 2.66. The molecule has 0 aliphatic heterocycles. The van der Waals surface area contributed by atoms with Gasteiger partial charge >= 0.3 is 0 Å². The number of rotatable bonds is 5. The predicted molar refractivity (Wildman–Crippen MR) is 69.2 cm³/mol. The van der Waals surface area contributed by atoms with Gasteiger partial charge in [-0.25, -0.2) is 4.98 Å². The molecule has 0 unspecified atom stereocenters. The fraction of sp³-hybridized carbons (Fsp3) is 0.308. The molecule has 0 aliphatic carbocycles. The van der Waals surface area contributed by atoms with Gasteiger partial charge in [0.1, 0.15) is 11.5 Å². The van der Waals surface area contributed by atoms with E-state index >= 15 is 0 Å². The van der Waals surface area contributed by atoms with E-state index in [9.17, 15) is 4.79 Å². The molecule has 2 N–H and O–H groups in total. The van der Waals surface area contributed by atoms with E-state index in [0.717, 1.165) is 18.8 Å². The van der Waals surface area contributed by atoms with Crippen molar-refractivity contribution in [2.24, 2.45) is 0 Å². The summed E-state index contributed by atoms with van der Waals surface area (Å²) in [6.45, 7) is 2.96. The predicted octanol–water partition coefficient (Wildman–Crippen LogP) is 1.70. The van der Waals surface area contributed by atoms with Crippen LogP contribution in [-0.4, -0.2) is 20.3 Å². The highest BCUT2D eigenvalue weighted by Gasteiger charge is 2.12. The average molecular weight is 244 g/mol. The number of hydrogen-bond acceptors (Lipinski definition) is 4. The lowest BCUT2D eigenvalue weighted by atomic mass is 10.2. The number of aryl methyl sites for hydroxylation is 1. The number of nitrogen functional groups attached to an aromatic ring is 1. The van der Waals surface area contributed by atoms with Crippen LogP contribution in [0, 0.1) is 0 Å². The molecule has 2 aromatic rings. The van der Waals surface area contributed by atoms with Crippen LogP contribution in [0.4, 0.5) is 5.69 Å². The van der Waals surface area contributed by atoms with Gasteiger partial charge in [0.25, 0.3) is 0 Å². The van der Waals surface area contributed by atoms with Crippen LogP contribution in [0.3, 0.4) is 0 Å². The zero-order chi connectivity index (χ0) is 13.0. The van der Waals surface area contributed by atoms with E-state index in [1.807, 2.05) is 10.8 Å². The number of pyridine rings is 1. The molecule has 5 heteroatoms. The highest BCUT2D eigenvalue weighted by atomic mass is 16.1. The number of nitrogens with zero attached hydrogens (tertiary/aromatic N) is 3. The SMILES string of the molecule is CCCn1ccnc1CC(=O)c1ccc(N)cn1. The highest BCUT2D eigenvalue weighted by Crippen LogP contribution is 2.07. The van der Waals surface area contributed by atoms with Crippen molar-refractivity contribution in [2.45, 2.75) is 26.3 Å². The minimum Gasteiger partial charge on any atom is -0.397 e. The molecule has 5 nitrogen and oxygen atoms in total. The number of imidazole rings is 1. The van der Waals surface area contributed by atoms with Crippen molar-refractivity contribution in [2.75, 3.05) is 5.73 Å². The van der Waals surface area contributed by atoms with Crippen LogP contribution in [0.15, 0.2) is 30.7 Å². The molecule has 18 heavy (non-hydrogen) atoms. The van der Waals surface area contributed by atoms with Crippen LogP contribution in [0.5, 0.6) is 0 Å². The van der Waals surface area contributed by atoms with Crippen LogP contribution >= 0.6 is 0 Å². The molecular formula is C13H16N4O. The number of aromatic nitrogens is 3. The van der Waals surface area contributed by atoms with Crippen molar-refractivity contribution in [3.8, 4) is 0 Å². The highest BCUT2D eigenvalue weighted by molar-refractivity contribution is 5.95. The topological polar surface area (TPSA) is 73.8 Å². The Morgan fingerprint density at radius 3 is 2.89 bits per heavy atom.